The van der Waals surface area contributed by atoms with E-state index in [0.717, 1.165) is 40.9 Å². The van der Waals surface area contributed by atoms with Crippen LogP contribution in [0, 0.1) is 13.8 Å². The maximum absolute atomic E-state index is 13.3. The summed E-state index contributed by atoms with van der Waals surface area (Å²) >= 11 is 0. The molecule has 3 aromatic rings. The summed E-state index contributed by atoms with van der Waals surface area (Å²) in [5.41, 5.74) is 3.91. The van der Waals surface area contributed by atoms with Crippen LogP contribution in [-0.2, 0) is 4.74 Å². The average Bonchev–Trinajstić information content (AvgIpc) is 3.05. The Morgan fingerprint density at radius 1 is 1.03 bits per heavy atom. The van der Waals surface area contributed by atoms with E-state index in [1.807, 2.05) is 43.0 Å². The summed E-state index contributed by atoms with van der Waals surface area (Å²) < 4.78 is 5.02. The average molecular weight is 433 g/mol. The van der Waals surface area contributed by atoms with E-state index in [1.54, 1.807) is 19.2 Å². The number of rotatable bonds is 4. The Hall–Kier alpha value is -3.48. The van der Waals surface area contributed by atoms with Crippen LogP contribution >= 0.6 is 0 Å². The molecule has 7 heteroatoms. The van der Waals surface area contributed by atoms with Crippen molar-refractivity contribution in [3.05, 3.63) is 65.0 Å². The lowest BCUT2D eigenvalue weighted by molar-refractivity contribution is 0.0525. The lowest BCUT2D eigenvalue weighted by atomic mass is 10.1. The Balaban J connectivity index is 1.47. The van der Waals surface area contributed by atoms with Crippen molar-refractivity contribution < 1.29 is 14.3 Å². The Morgan fingerprint density at radius 3 is 2.62 bits per heavy atom. The van der Waals surface area contributed by atoms with Crippen molar-refractivity contribution in [2.75, 3.05) is 37.7 Å². The summed E-state index contributed by atoms with van der Waals surface area (Å²) in [5.74, 6) is 0.450. The van der Waals surface area contributed by atoms with E-state index in [-0.39, 0.29) is 11.9 Å². The molecule has 1 aromatic carbocycles. The first kappa shape index (κ1) is 21.7. The highest BCUT2D eigenvalue weighted by Crippen LogP contribution is 2.21. The van der Waals surface area contributed by atoms with Gasteiger partial charge in [0, 0.05) is 37.8 Å². The van der Waals surface area contributed by atoms with Crippen LogP contribution in [0.25, 0.3) is 10.9 Å². The third-order valence-corrected chi connectivity index (χ3v) is 5.76. The Bertz CT molecular complexity index is 1140. The topological polar surface area (TPSA) is 75.6 Å². The zero-order valence-electron chi connectivity index (χ0n) is 18.8. The summed E-state index contributed by atoms with van der Waals surface area (Å²) in [4.78, 5) is 38.3. The molecule has 0 aliphatic carbocycles. The highest BCUT2D eigenvalue weighted by atomic mass is 16.5. The van der Waals surface area contributed by atoms with Crippen molar-refractivity contribution in [2.45, 2.75) is 27.2 Å². The molecule has 0 atom stereocenters. The molecule has 2 aromatic heterocycles. The monoisotopic (exact) mass is 432 g/mol. The van der Waals surface area contributed by atoms with Crippen LogP contribution in [0.1, 0.15) is 45.3 Å². The van der Waals surface area contributed by atoms with E-state index in [1.165, 1.54) is 0 Å². The highest BCUT2D eigenvalue weighted by Gasteiger charge is 2.23. The number of nitrogens with zero attached hydrogens (tertiary/aromatic N) is 4. The minimum absolute atomic E-state index is 0.0193. The van der Waals surface area contributed by atoms with Crippen LogP contribution in [0.2, 0.25) is 0 Å². The van der Waals surface area contributed by atoms with Crippen LogP contribution in [0.15, 0.2) is 42.6 Å². The molecule has 0 spiro atoms. The number of amides is 1. The van der Waals surface area contributed by atoms with E-state index in [0.29, 0.717) is 37.4 Å². The van der Waals surface area contributed by atoms with Gasteiger partial charge in [0.15, 0.2) is 0 Å². The minimum atomic E-state index is -0.367. The number of carbonyl (C=O) groups is 2. The molecule has 0 bridgehead atoms. The normalized spacial score (nSPS) is 14.3. The van der Waals surface area contributed by atoms with Gasteiger partial charge in [0.1, 0.15) is 5.82 Å². The molecule has 0 N–H and O–H groups in total. The van der Waals surface area contributed by atoms with Crippen LogP contribution in [0.4, 0.5) is 5.82 Å². The fourth-order valence-electron chi connectivity index (χ4n) is 4.04. The number of esters is 1. The number of carbonyl (C=O) groups excluding carboxylic acids is 2. The third kappa shape index (κ3) is 4.56. The number of aryl methyl sites for hydroxylation is 2. The summed E-state index contributed by atoms with van der Waals surface area (Å²) in [5, 5.41) is 0.987. The highest BCUT2D eigenvalue weighted by molar-refractivity contribution is 5.98. The first-order chi connectivity index (χ1) is 15.5. The molecule has 3 heterocycles. The second-order valence-corrected chi connectivity index (χ2v) is 8.08. The number of aromatic nitrogens is 2. The SMILES string of the molecule is CCOC(=O)c1ccc(N2CCCN(C(=O)c3cc4cc(C)ccc4nc3C)CC2)nc1. The van der Waals surface area contributed by atoms with Gasteiger partial charge in [-0.15, -0.1) is 0 Å². The van der Waals surface area contributed by atoms with Gasteiger partial charge in [-0.3, -0.25) is 9.78 Å². The maximum Gasteiger partial charge on any atom is 0.339 e. The molecule has 1 aliphatic heterocycles. The molecule has 4 rings (SSSR count). The fraction of sp³-hybridized carbons (Fsp3) is 0.360. The summed E-state index contributed by atoms with van der Waals surface area (Å²) in [7, 11) is 0. The van der Waals surface area contributed by atoms with Gasteiger partial charge in [-0.25, -0.2) is 9.78 Å². The Morgan fingerprint density at radius 2 is 1.88 bits per heavy atom. The summed E-state index contributed by atoms with van der Waals surface area (Å²) in [6.07, 6.45) is 2.39. The lowest BCUT2D eigenvalue weighted by Gasteiger charge is -2.23. The molecule has 0 saturated carbocycles. The van der Waals surface area contributed by atoms with Gasteiger partial charge in [0.25, 0.3) is 5.91 Å². The van der Waals surface area contributed by atoms with Gasteiger partial charge < -0.3 is 14.5 Å². The van der Waals surface area contributed by atoms with Crippen LogP contribution in [0.3, 0.4) is 0 Å². The second-order valence-electron chi connectivity index (χ2n) is 8.08. The summed E-state index contributed by atoms with van der Waals surface area (Å²) in [6.45, 7) is 8.80. The molecular formula is C25H28N4O3. The molecule has 7 nitrogen and oxygen atoms in total. The second kappa shape index (κ2) is 9.34. The predicted octanol–water partition coefficient (Wildman–Crippen LogP) is 3.78. The molecule has 166 valence electrons. The van der Waals surface area contributed by atoms with Gasteiger partial charge in [-0.2, -0.15) is 0 Å². The van der Waals surface area contributed by atoms with Crippen molar-refractivity contribution in [1.29, 1.82) is 0 Å². The van der Waals surface area contributed by atoms with E-state index in [2.05, 4.69) is 20.9 Å². The molecule has 32 heavy (non-hydrogen) atoms. The summed E-state index contributed by atoms with van der Waals surface area (Å²) in [6, 6.07) is 11.6. The largest absolute Gasteiger partial charge is 0.462 e. The quantitative estimate of drug-likeness (QED) is 0.584. The molecular weight excluding hydrogens is 404 g/mol. The number of fused-ring (bicyclic) bond motifs is 1. The number of ether oxygens (including phenoxy) is 1. The van der Waals surface area contributed by atoms with Crippen molar-refractivity contribution in [3.63, 3.8) is 0 Å². The lowest BCUT2D eigenvalue weighted by Crippen LogP contribution is -2.35. The van der Waals surface area contributed by atoms with Gasteiger partial charge in [-0.05, 0) is 57.5 Å². The molecule has 1 amide bonds. The van der Waals surface area contributed by atoms with Gasteiger partial charge in [-0.1, -0.05) is 11.6 Å². The number of pyridine rings is 2. The zero-order chi connectivity index (χ0) is 22.7. The molecule has 1 saturated heterocycles. The molecule has 0 unspecified atom stereocenters. The number of anilines is 1. The van der Waals surface area contributed by atoms with E-state index in [9.17, 15) is 9.59 Å². The number of hydrogen-bond donors (Lipinski definition) is 0. The van der Waals surface area contributed by atoms with E-state index in [4.69, 9.17) is 4.74 Å². The fourth-order valence-corrected chi connectivity index (χ4v) is 4.04. The number of hydrogen-bond acceptors (Lipinski definition) is 6. The van der Waals surface area contributed by atoms with Gasteiger partial charge in [0.05, 0.1) is 28.9 Å². The Kier molecular flexibility index (Phi) is 6.35. The predicted molar refractivity (Wildman–Crippen MR) is 124 cm³/mol. The van der Waals surface area contributed by atoms with Crippen molar-refractivity contribution in [2.24, 2.45) is 0 Å². The van der Waals surface area contributed by atoms with Crippen LogP contribution < -0.4 is 4.90 Å². The standard InChI is InChI=1S/C25H28N4O3/c1-4-32-25(31)19-7-9-23(26-16-19)28-10-5-11-29(13-12-28)24(30)21-15-20-14-17(2)6-8-22(20)27-18(21)3/h6-9,14-16H,4-5,10-13H2,1-3H3. The van der Waals surface area contributed by atoms with Crippen LogP contribution in [0.5, 0.6) is 0 Å². The van der Waals surface area contributed by atoms with E-state index >= 15 is 0 Å². The minimum Gasteiger partial charge on any atom is -0.462 e. The molecule has 1 fully saturated rings. The zero-order valence-corrected chi connectivity index (χ0v) is 18.8. The number of benzene rings is 1. The molecule has 0 radical (unpaired) electrons. The van der Waals surface area contributed by atoms with Crippen molar-refractivity contribution in [3.8, 4) is 0 Å². The van der Waals surface area contributed by atoms with E-state index < -0.39 is 0 Å². The maximum atomic E-state index is 13.3. The Labute approximate surface area is 188 Å². The van der Waals surface area contributed by atoms with Crippen molar-refractivity contribution in [1.82, 2.24) is 14.9 Å². The first-order valence-electron chi connectivity index (χ1n) is 11.0. The first-order valence-corrected chi connectivity index (χ1v) is 11.0. The van der Waals surface area contributed by atoms with Crippen LogP contribution in [-0.4, -0.2) is 59.5 Å². The van der Waals surface area contributed by atoms with Crippen molar-refractivity contribution >= 4 is 28.6 Å². The van der Waals surface area contributed by atoms with Gasteiger partial charge >= 0.3 is 5.97 Å². The third-order valence-electron chi connectivity index (χ3n) is 5.76. The van der Waals surface area contributed by atoms with Gasteiger partial charge in [0.2, 0.25) is 0 Å². The molecule has 1 aliphatic rings. The smallest absolute Gasteiger partial charge is 0.339 e.